The summed E-state index contributed by atoms with van der Waals surface area (Å²) in [4.78, 5) is 0. The fourth-order valence-corrected chi connectivity index (χ4v) is 2.35. The largest absolute Gasteiger partial charge is 0.493 e. The van der Waals surface area contributed by atoms with Crippen molar-refractivity contribution in [1.29, 1.82) is 0 Å². The van der Waals surface area contributed by atoms with Gasteiger partial charge in [0.1, 0.15) is 18.1 Å². The summed E-state index contributed by atoms with van der Waals surface area (Å²) < 4.78 is 11.4. The molecule has 1 aliphatic heterocycles. The summed E-state index contributed by atoms with van der Waals surface area (Å²) in [5, 5.41) is 12.2. The maximum Gasteiger partial charge on any atom is 0.127 e. The molecule has 0 fully saturated rings. The van der Waals surface area contributed by atoms with Gasteiger partial charge in [-0.15, -0.1) is 0 Å². The van der Waals surface area contributed by atoms with Crippen LogP contribution in [0.15, 0.2) is 18.2 Å². The number of hydrogen-bond donors (Lipinski definition) is 2. The second kappa shape index (κ2) is 8.12. The quantitative estimate of drug-likeness (QED) is 0.682. The molecule has 1 aromatic carbocycles. The minimum absolute atomic E-state index is 0.263. The van der Waals surface area contributed by atoms with Gasteiger partial charge >= 0.3 is 0 Å². The highest BCUT2D eigenvalue weighted by atomic mass is 16.5. The van der Waals surface area contributed by atoms with Crippen LogP contribution in [0.25, 0.3) is 0 Å². The van der Waals surface area contributed by atoms with Gasteiger partial charge in [0.15, 0.2) is 0 Å². The van der Waals surface area contributed by atoms with E-state index in [1.54, 1.807) is 0 Å². The van der Waals surface area contributed by atoms with Crippen molar-refractivity contribution in [3.8, 4) is 11.5 Å². The molecule has 0 saturated carbocycles. The summed E-state index contributed by atoms with van der Waals surface area (Å²) in [5.41, 5.74) is 1.23. The van der Waals surface area contributed by atoms with Crippen LogP contribution in [-0.4, -0.2) is 31.5 Å². The number of rotatable bonds is 9. The van der Waals surface area contributed by atoms with E-state index < -0.39 is 0 Å². The molecule has 0 amide bonds. The van der Waals surface area contributed by atoms with Gasteiger partial charge in [-0.1, -0.05) is 6.92 Å². The molecule has 0 aromatic heterocycles. The highest BCUT2D eigenvalue weighted by Crippen LogP contribution is 2.35. The summed E-state index contributed by atoms with van der Waals surface area (Å²) in [7, 11) is 0. The molecule has 1 aliphatic rings. The van der Waals surface area contributed by atoms with Crippen molar-refractivity contribution in [1.82, 2.24) is 5.32 Å². The van der Waals surface area contributed by atoms with Gasteiger partial charge in [0.25, 0.3) is 0 Å². The summed E-state index contributed by atoms with van der Waals surface area (Å²) in [6, 6.07) is 6.40. The number of aliphatic hydroxyl groups excluding tert-OH is 1. The number of fused-ring (bicyclic) bond motifs is 1. The van der Waals surface area contributed by atoms with Crippen molar-refractivity contribution in [2.24, 2.45) is 0 Å². The van der Waals surface area contributed by atoms with Gasteiger partial charge in [-0.25, -0.2) is 0 Å². The van der Waals surface area contributed by atoms with Gasteiger partial charge in [0, 0.05) is 18.2 Å². The molecular formula is C16H25NO3. The predicted octanol–water partition coefficient (Wildman–Crippen LogP) is 2.66. The fraction of sp³-hybridized carbons (Fsp3) is 0.625. The van der Waals surface area contributed by atoms with Gasteiger partial charge in [0.05, 0.1) is 12.6 Å². The Morgan fingerprint density at radius 1 is 1.35 bits per heavy atom. The van der Waals surface area contributed by atoms with Crippen molar-refractivity contribution < 1.29 is 14.6 Å². The van der Waals surface area contributed by atoms with Crippen LogP contribution in [0.3, 0.4) is 0 Å². The molecule has 0 aliphatic carbocycles. The molecule has 4 heteroatoms. The zero-order chi connectivity index (χ0) is 14.2. The zero-order valence-electron chi connectivity index (χ0n) is 12.2. The number of benzene rings is 1. The standard InChI is InChI=1S/C16H25NO3/c1-2-8-17-15-12-20-16-11-13(6-7-14(15)16)19-10-5-3-4-9-18/h6-7,11,15,17-18H,2-5,8-10,12H2,1H3. The van der Waals surface area contributed by atoms with E-state index >= 15 is 0 Å². The Labute approximate surface area is 121 Å². The van der Waals surface area contributed by atoms with E-state index in [0.717, 1.165) is 43.7 Å². The topological polar surface area (TPSA) is 50.7 Å². The Bertz CT molecular complexity index is 409. The van der Waals surface area contributed by atoms with Crippen LogP contribution in [0, 0.1) is 0 Å². The molecule has 1 unspecified atom stereocenters. The van der Waals surface area contributed by atoms with Crippen LogP contribution in [-0.2, 0) is 0 Å². The van der Waals surface area contributed by atoms with Crippen LogP contribution in [0.5, 0.6) is 11.5 Å². The van der Waals surface area contributed by atoms with Crippen molar-refractivity contribution in [2.75, 3.05) is 26.4 Å². The zero-order valence-corrected chi connectivity index (χ0v) is 12.2. The molecule has 1 heterocycles. The lowest BCUT2D eigenvalue weighted by molar-refractivity contribution is 0.265. The highest BCUT2D eigenvalue weighted by Gasteiger charge is 2.23. The van der Waals surface area contributed by atoms with E-state index in [1.165, 1.54) is 5.56 Å². The first-order valence-corrected chi connectivity index (χ1v) is 7.59. The number of hydrogen-bond acceptors (Lipinski definition) is 4. The van der Waals surface area contributed by atoms with Crippen LogP contribution in [0.2, 0.25) is 0 Å². The lowest BCUT2D eigenvalue weighted by atomic mass is 10.1. The molecule has 20 heavy (non-hydrogen) atoms. The maximum absolute atomic E-state index is 8.71. The molecular weight excluding hydrogens is 254 g/mol. The van der Waals surface area contributed by atoms with Gasteiger partial charge in [-0.2, -0.15) is 0 Å². The first-order valence-electron chi connectivity index (χ1n) is 7.59. The fourth-order valence-electron chi connectivity index (χ4n) is 2.35. The maximum atomic E-state index is 8.71. The molecule has 0 radical (unpaired) electrons. The number of unbranched alkanes of at least 4 members (excludes halogenated alkanes) is 2. The van der Waals surface area contributed by atoms with E-state index in [0.29, 0.717) is 19.3 Å². The van der Waals surface area contributed by atoms with Crippen LogP contribution >= 0.6 is 0 Å². The van der Waals surface area contributed by atoms with E-state index in [-0.39, 0.29) is 6.61 Å². The SMILES string of the molecule is CCCNC1COc2cc(OCCCCCO)ccc21. The minimum atomic E-state index is 0.263. The molecule has 2 rings (SSSR count). The van der Waals surface area contributed by atoms with Gasteiger partial charge in [-0.05, 0) is 44.4 Å². The first kappa shape index (κ1) is 15.1. The number of nitrogens with one attached hydrogen (secondary N) is 1. The average Bonchev–Trinajstić information content (AvgIpc) is 2.87. The highest BCUT2D eigenvalue weighted by molar-refractivity contribution is 5.45. The van der Waals surface area contributed by atoms with Gasteiger partial charge < -0.3 is 19.9 Å². The molecule has 4 nitrogen and oxygen atoms in total. The van der Waals surface area contributed by atoms with Gasteiger partial charge in [-0.3, -0.25) is 0 Å². The third kappa shape index (κ3) is 4.12. The van der Waals surface area contributed by atoms with Crippen molar-refractivity contribution in [3.05, 3.63) is 23.8 Å². The summed E-state index contributed by atoms with van der Waals surface area (Å²) >= 11 is 0. The van der Waals surface area contributed by atoms with Crippen LogP contribution in [0.1, 0.15) is 44.2 Å². The van der Waals surface area contributed by atoms with E-state index in [4.69, 9.17) is 14.6 Å². The molecule has 0 spiro atoms. The third-order valence-corrected chi connectivity index (χ3v) is 3.48. The Morgan fingerprint density at radius 2 is 2.25 bits per heavy atom. The predicted molar refractivity (Wildman–Crippen MR) is 79.4 cm³/mol. The van der Waals surface area contributed by atoms with Crippen LogP contribution < -0.4 is 14.8 Å². The molecule has 2 N–H and O–H groups in total. The monoisotopic (exact) mass is 279 g/mol. The van der Waals surface area contributed by atoms with Crippen molar-refractivity contribution in [2.45, 2.75) is 38.6 Å². The molecule has 0 bridgehead atoms. The summed E-state index contributed by atoms with van der Waals surface area (Å²) in [6.45, 7) is 4.83. The Morgan fingerprint density at radius 3 is 3.05 bits per heavy atom. The number of ether oxygens (including phenoxy) is 2. The Balaban J connectivity index is 1.83. The third-order valence-electron chi connectivity index (χ3n) is 3.48. The molecule has 112 valence electrons. The lowest BCUT2D eigenvalue weighted by Crippen LogP contribution is -2.22. The smallest absolute Gasteiger partial charge is 0.127 e. The van der Waals surface area contributed by atoms with Crippen molar-refractivity contribution >= 4 is 0 Å². The summed E-state index contributed by atoms with van der Waals surface area (Å²) in [6.07, 6.45) is 3.95. The first-order chi connectivity index (χ1) is 9.85. The normalized spacial score (nSPS) is 16.8. The Kier molecular flexibility index (Phi) is 6.15. The van der Waals surface area contributed by atoms with E-state index in [9.17, 15) is 0 Å². The summed E-state index contributed by atoms with van der Waals surface area (Å²) in [5.74, 6) is 1.80. The van der Waals surface area contributed by atoms with Crippen LogP contribution in [0.4, 0.5) is 0 Å². The molecule has 1 aromatic rings. The lowest BCUT2D eigenvalue weighted by Gasteiger charge is -2.11. The van der Waals surface area contributed by atoms with E-state index in [2.05, 4.69) is 18.3 Å². The molecule has 1 atom stereocenters. The van der Waals surface area contributed by atoms with Gasteiger partial charge in [0.2, 0.25) is 0 Å². The average molecular weight is 279 g/mol. The molecule has 0 saturated heterocycles. The Hall–Kier alpha value is -1.26. The number of aliphatic hydroxyl groups is 1. The minimum Gasteiger partial charge on any atom is -0.493 e. The van der Waals surface area contributed by atoms with E-state index in [1.807, 2.05) is 12.1 Å². The second-order valence-corrected chi connectivity index (χ2v) is 5.15. The second-order valence-electron chi connectivity index (χ2n) is 5.15. The van der Waals surface area contributed by atoms with Crippen molar-refractivity contribution in [3.63, 3.8) is 0 Å².